The fourth-order valence-corrected chi connectivity index (χ4v) is 3.23. The van der Waals surface area contributed by atoms with Gasteiger partial charge in [-0.3, -0.25) is 4.79 Å². The van der Waals surface area contributed by atoms with Crippen LogP contribution in [0.5, 0.6) is 0 Å². The van der Waals surface area contributed by atoms with Crippen molar-refractivity contribution in [1.82, 2.24) is 5.32 Å². The van der Waals surface area contributed by atoms with E-state index in [9.17, 15) is 35.4 Å². The van der Waals surface area contributed by atoms with E-state index in [2.05, 4.69) is 5.32 Å². The van der Waals surface area contributed by atoms with E-state index in [-0.39, 0.29) is 0 Å². The van der Waals surface area contributed by atoms with E-state index >= 15 is 0 Å². The number of aliphatic hydroxyl groups is 6. The molecule has 11 nitrogen and oxygen atoms in total. The summed E-state index contributed by atoms with van der Waals surface area (Å²) in [5.41, 5.74) is 0. The molecule has 0 spiro atoms. The van der Waals surface area contributed by atoms with Crippen LogP contribution in [0.4, 0.5) is 0 Å². The Hall–Kier alpha value is -0.890. The van der Waals surface area contributed by atoms with Gasteiger partial charge in [-0.2, -0.15) is 0 Å². The largest absolute Gasteiger partial charge is 0.394 e. The summed E-state index contributed by atoms with van der Waals surface area (Å²) in [5, 5.41) is 61.5. The van der Waals surface area contributed by atoms with Gasteiger partial charge in [-0.05, 0) is 6.92 Å². The predicted molar refractivity (Wildman–Crippen MR) is 83.7 cm³/mol. The normalized spacial score (nSPS) is 46.8. The average molecular weight is 381 g/mol. The fraction of sp³-hybridized carbons (Fsp3) is 0.933. The molecule has 2 heterocycles. The highest BCUT2D eigenvalue weighted by molar-refractivity contribution is 5.73. The molecule has 0 aromatic heterocycles. The van der Waals surface area contributed by atoms with Gasteiger partial charge in [0.2, 0.25) is 5.91 Å². The quantitative estimate of drug-likeness (QED) is 0.247. The molecule has 2 aliphatic heterocycles. The summed E-state index contributed by atoms with van der Waals surface area (Å²) in [6.45, 7) is 1.72. The molecule has 0 aliphatic carbocycles. The minimum atomic E-state index is -1.67. The topological polar surface area (TPSA) is 178 Å². The summed E-state index contributed by atoms with van der Waals surface area (Å²) in [6.07, 6.45) is -11.7. The molecular formula is C15H27NO10. The molecule has 0 aromatic rings. The SMILES string of the molecule is CC(=O)NC1C(O)[C@H](O[C@@H]2OC(CO)[C@H](O)C(O)[C@H]2O)C(CO)O[C@H]1C. The zero-order valence-electron chi connectivity index (χ0n) is 14.5. The van der Waals surface area contributed by atoms with Crippen LogP contribution in [0.2, 0.25) is 0 Å². The van der Waals surface area contributed by atoms with Crippen LogP contribution >= 0.6 is 0 Å². The Balaban J connectivity index is 2.16. The Morgan fingerprint density at radius 1 is 0.962 bits per heavy atom. The molecule has 2 aliphatic rings. The average Bonchev–Trinajstić information content (AvgIpc) is 2.60. The molecule has 7 N–H and O–H groups in total. The molecule has 2 saturated heterocycles. The van der Waals surface area contributed by atoms with E-state index < -0.39 is 80.3 Å². The van der Waals surface area contributed by atoms with E-state index in [4.69, 9.17) is 14.2 Å². The number of hydrogen-bond acceptors (Lipinski definition) is 10. The first-order valence-corrected chi connectivity index (χ1v) is 8.38. The van der Waals surface area contributed by atoms with Gasteiger partial charge in [0.05, 0.1) is 25.4 Å². The highest BCUT2D eigenvalue weighted by Crippen LogP contribution is 2.29. The van der Waals surface area contributed by atoms with Gasteiger partial charge >= 0.3 is 0 Å². The molecule has 0 saturated carbocycles. The molecular weight excluding hydrogens is 354 g/mol. The molecule has 2 rings (SSSR count). The van der Waals surface area contributed by atoms with Crippen LogP contribution in [0.25, 0.3) is 0 Å². The van der Waals surface area contributed by atoms with Crippen molar-refractivity contribution in [3.63, 3.8) is 0 Å². The van der Waals surface area contributed by atoms with Crippen LogP contribution in [0.3, 0.4) is 0 Å². The molecule has 0 aromatic carbocycles. The lowest BCUT2D eigenvalue weighted by Crippen LogP contribution is -2.66. The molecule has 26 heavy (non-hydrogen) atoms. The minimum absolute atomic E-state index is 0.404. The first kappa shape index (κ1) is 21.4. The molecule has 2 fully saturated rings. The number of amides is 1. The van der Waals surface area contributed by atoms with Crippen molar-refractivity contribution in [2.24, 2.45) is 0 Å². The Labute approximate surface area is 150 Å². The maximum absolute atomic E-state index is 11.3. The summed E-state index contributed by atoms with van der Waals surface area (Å²) >= 11 is 0. The standard InChI is InChI=1S/C15H27NO10/c1-5-9(16-6(2)19)11(21)14(8(4-18)24-5)26-15-13(23)12(22)10(20)7(3-17)25-15/h5,7-15,17-18,20-23H,3-4H2,1-2H3,(H,16,19)/t5-,7?,8?,9?,10-,11?,12?,13+,14+,15-/m0/s1. The lowest BCUT2D eigenvalue weighted by Gasteiger charge is -2.46. The van der Waals surface area contributed by atoms with Gasteiger partial charge in [-0.25, -0.2) is 0 Å². The molecule has 5 unspecified atom stereocenters. The number of rotatable bonds is 5. The first-order valence-electron chi connectivity index (χ1n) is 8.38. The fourth-order valence-electron chi connectivity index (χ4n) is 3.23. The van der Waals surface area contributed by atoms with Crippen LogP contribution in [0, 0.1) is 0 Å². The van der Waals surface area contributed by atoms with Crippen molar-refractivity contribution >= 4 is 5.91 Å². The van der Waals surface area contributed by atoms with Crippen LogP contribution in [-0.4, -0.2) is 111 Å². The Morgan fingerprint density at radius 2 is 1.58 bits per heavy atom. The second-order valence-corrected chi connectivity index (χ2v) is 6.58. The minimum Gasteiger partial charge on any atom is -0.394 e. The summed E-state index contributed by atoms with van der Waals surface area (Å²) in [5.74, 6) is -0.404. The maximum atomic E-state index is 11.3. The van der Waals surface area contributed by atoms with Crippen LogP contribution < -0.4 is 5.32 Å². The molecule has 152 valence electrons. The number of aliphatic hydroxyl groups excluding tert-OH is 6. The van der Waals surface area contributed by atoms with Crippen LogP contribution in [0.1, 0.15) is 13.8 Å². The van der Waals surface area contributed by atoms with E-state index in [0.29, 0.717) is 0 Å². The number of carbonyl (C=O) groups is 1. The van der Waals surface area contributed by atoms with Crippen molar-refractivity contribution in [2.45, 2.75) is 75.0 Å². The summed E-state index contributed by atoms with van der Waals surface area (Å²) in [7, 11) is 0. The van der Waals surface area contributed by atoms with Crippen molar-refractivity contribution in [3.05, 3.63) is 0 Å². The zero-order valence-corrected chi connectivity index (χ0v) is 14.5. The van der Waals surface area contributed by atoms with Gasteiger partial charge in [0.25, 0.3) is 0 Å². The highest BCUT2D eigenvalue weighted by atomic mass is 16.7. The van der Waals surface area contributed by atoms with Gasteiger partial charge in [0, 0.05) is 6.92 Å². The van der Waals surface area contributed by atoms with Gasteiger partial charge in [0.1, 0.15) is 42.7 Å². The molecule has 0 bridgehead atoms. The molecule has 10 atom stereocenters. The summed E-state index contributed by atoms with van der Waals surface area (Å²) < 4.78 is 16.3. The Morgan fingerprint density at radius 3 is 2.12 bits per heavy atom. The monoisotopic (exact) mass is 381 g/mol. The third kappa shape index (κ3) is 4.32. The zero-order chi connectivity index (χ0) is 19.6. The third-order valence-electron chi connectivity index (χ3n) is 4.66. The van der Waals surface area contributed by atoms with Gasteiger partial charge in [0.15, 0.2) is 6.29 Å². The molecule has 11 heteroatoms. The van der Waals surface area contributed by atoms with Crippen molar-refractivity contribution < 1.29 is 49.6 Å². The lowest BCUT2D eigenvalue weighted by molar-refractivity contribution is -0.335. The number of carbonyl (C=O) groups excluding carboxylic acids is 1. The maximum Gasteiger partial charge on any atom is 0.217 e. The summed E-state index contributed by atoms with van der Waals surface area (Å²) in [6, 6.07) is -0.842. The summed E-state index contributed by atoms with van der Waals surface area (Å²) in [4.78, 5) is 11.3. The van der Waals surface area contributed by atoms with Gasteiger partial charge in [-0.1, -0.05) is 0 Å². The number of ether oxygens (including phenoxy) is 3. The van der Waals surface area contributed by atoms with E-state index in [1.54, 1.807) is 6.92 Å². The Bertz CT molecular complexity index is 477. The van der Waals surface area contributed by atoms with Crippen LogP contribution in [0.15, 0.2) is 0 Å². The van der Waals surface area contributed by atoms with Gasteiger partial charge in [-0.15, -0.1) is 0 Å². The second kappa shape index (κ2) is 8.87. The number of nitrogens with one attached hydrogen (secondary N) is 1. The first-order chi connectivity index (χ1) is 12.2. The lowest BCUT2D eigenvalue weighted by atomic mass is 9.92. The Kier molecular flexibility index (Phi) is 7.30. The van der Waals surface area contributed by atoms with Crippen molar-refractivity contribution in [1.29, 1.82) is 0 Å². The van der Waals surface area contributed by atoms with Crippen LogP contribution in [-0.2, 0) is 19.0 Å². The van der Waals surface area contributed by atoms with E-state index in [1.165, 1.54) is 6.92 Å². The smallest absolute Gasteiger partial charge is 0.217 e. The van der Waals surface area contributed by atoms with Crippen molar-refractivity contribution in [2.75, 3.05) is 13.2 Å². The highest BCUT2D eigenvalue weighted by Gasteiger charge is 2.50. The second-order valence-electron chi connectivity index (χ2n) is 6.58. The molecule has 0 radical (unpaired) electrons. The van der Waals surface area contributed by atoms with E-state index in [1.807, 2.05) is 0 Å². The van der Waals surface area contributed by atoms with Gasteiger partial charge < -0.3 is 50.2 Å². The predicted octanol–water partition coefficient (Wildman–Crippen LogP) is -4.18. The van der Waals surface area contributed by atoms with E-state index in [0.717, 1.165) is 0 Å². The van der Waals surface area contributed by atoms with Crippen molar-refractivity contribution in [3.8, 4) is 0 Å². The number of hydrogen-bond donors (Lipinski definition) is 7. The molecule has 1 amide bonds. The third-order valence-corrected chi connectivity index (χ3v) is 4.66.